The summed E-state index contributed by atoms with van der Waals surface area (Å²) in [6.07, 6.45) is -0.551. The van der Waals surface area contributed by atoms with Crippen molar-refractivity contribution in [2.75, 3.05) is 6.54 Å². The number of rotatable bonds is 6. The van der Waals surface area contributed by atoms with Crippen LogP contribution in [0.4, 0.5) is 4.79 Å². The van der Waals surface area contributed by atoms with E-state index in [-0.39, 0.29) is 5.04 Å². The van der Waals surface area contributed by atoms with Crippen LogP contribution in [-0.4, -0.2) is 37.3 Å². The third-order valence-electron chi connectivity index (χ3n) is 6.83. The van der Waals surface area contributed by atoms with Crippen LogP contribution in [0.5, 0.6) is 0 Å². The first kappa shape index (κ1) is 27.4. The molecule has 7 heteroatoms. The highest BCUT2D eigenvalue weighted by molar-refractivity contribution is 6.74. The lowest BCUT2D eigenvalue weighted by molar-refractivity contribution is -0.221. The first-order valence-electron chi connectivity index (χ1n) is 12.2. The Morgan fingerprint density at radius 1 is 1.11 bits per heavy atom. The van der Waals surface area contributed by atoms with Crippen molar-refractivity contribution in [3.8, 4) is 0 Å². The van der Waals surface area contributed by atoms with Crippen LogP contribution in [0.1, 0.15) is 59.6 Å². The molecule has 0 aliphatic carbocycles. The van der Waals surface area contributed by atoms with Crippen molar-refractivity contribution in [1.29, 1.82) is 0 Å². The molecule has 2 atom stereocenters. The van der Waals surface area contributed by atoms with E-state index in [1.165, 1.54) is 0 Å². The van der Waals surface area contributed by atoms with E-state index < -0.39 is 31.3 Å². The summed E-state index contributed by atoms with van der Waals surface area (Å²) in [5, 5.41) is 4.87. The summed E-state index contributed by atoms with van der Waals surface area (Å²) in [6.45, 7) is 19.4. The van der Waals surface area contributed by atoms with E-state index in [1.807, 2.05) is 75.2 Å². The Morgan fingerprint density at radius 2 is 1.77 bits per heavy atom. The topological polar surface area (TPSA) is 60.0 Å². The van der Waals surface area contributed by atoms with Crippen LogP contribution in [0.3, 0.4) is 0 Å². The van der Waals surface area contributed by atoms with Gasteiger partial charge < -0.3 is 9.16 Å². The van der Waals surface area contributed by atoms with Crippen LogP contribution in [0, 0.1) is 6.07 Å². The maximum Gasteiger partial charge on any atom is 0.410 e. The fourth-order valence-corrected chi connectivity index (χ4v) is 5.60. The highest BCUT2D eigenvalue weighted by atomic mass is 28.4. The molecule has 1 radical (unpaired) electrons. The number of amides is 1. The quantitative estimate of drug-likeness (QED) is 0.469. The Balaban J connectivity index is 2.11. The standard InChI is InChI=1S/C28H41N2O4Si/c1-25(2,3)32-24(31)29-27(7)28(23-18-14-11-15-19-23,34-35(8,9)26(4,5)6)21-30(33-27)20-22-16-12-10-13-17-22/h10-14,16-19H,20-21H2,1-9H3,(H,29,31). The van der Waals surface area contributed by atoms with Gasteiger partial charge in [-0.25, -0.2) is 4.79 Å². The average molecular weight is 498 g/mol. The zero-order valence-corrected chi connectivity index (χ0v) is 23.7. The highest BCUT2D eigenvalue weighted by Gasteiger charge is 2.63. The number of carbonyl (C=O) groups is 1. The smallest absolute Gasteiger partial charge is 0.410 e. The molecule has 0 saturated carbocycles. The predicted octanol–water partition coefficient (Wildman–Crippen LogP) is 6.39. The van der Waals surface area contributed by atoms with Crippen molar-refractivity contribution in [3.05, 3.63) is 71.8 Å². The molecule has 1 N–H and O–H groups in total. The van der Waals surface area contributed by atoms with E-state index in [4.69, 9.17) is 14.0 Å². The van der Waals surface area contributed by atoms with Gasteiger partial charge in [0.15, 0.2) is 14.0 Å². The van der Waals surface area contributed by atoms with Crippen molar-refractivity contribution in [3.63, 3.8) is 0 Å². The molecule has 0 spiro atoms. The Bertz CT molecular complexity index is 1000. The van der Waals surface area contributed by atoms with Crippen molar-refractivity contribution >= 4 is 14.4 Å². The zero-order chi connectivity index (χ0) is 26.1. The molecular formula is C28H41N2O4Si. The molecule has 1 saturated heterocycles. The molecule has 0 bridgehead atoms. The summed E-state index contributed by atoms with van der Waals surface area (Å²) < 4.78 is 12.9. The highest BCUT2D eigenvalue weighted by Crippen LogP contribution is 2.50. The second kappa shape index (κ2) is 9.69. The van der Waals surface area contributed by atoms with Gasteiger partial charge in [-0.05, 0) is 69.1 Å². The second-order valence-electron chi connectivity index (χ2n) is 12.0. The summed E-state index contributed by atoms with van der Waals surface area (Å²) in [7, 11) is -2.35. The Labute approximate surface area is 212 Å². The predicted molar refractivity (Wildman–Crippen MR) is 141 cm³/mol. The first-order chi connectivity index (χ1) is 16.1. The fraction of sp³-hybridized carbons (Fsp3) is 0.536. The molecule has 1 fully saturated rings. The van der Waals surface area contributed by atoms with E-state index in [2.05, 4.69) is 57.4 Å². The van der Waals surface area contributed by atoms with Crippen molar-refractivity contribution in [1.82, 2.24) is 10.4 Å². The van der Waals surface area contributed by atoms with Crippen molar-refractivity contribution in [2.45, 2.75) is 90.1 Å². The summed E-state index contributed by atoms with van der Waals surface area (Å²) in [5.41, 5.74) is -0.852. The minimum absolute atomic E-state index is 0.0574. The van der Waals surface area contributed by atoms with Crippen molar-refractivity contribution in [2.24, 2.45) is 0 Å². The minimum Gasteiger partial charge on any atom is -0.444 e. The summed E-state index contributed by atoms with van der Waals surface area (Å²) in [4.78, 5) is 19.7. The molecule has 1 amide bonds. The average Bonchev–Trinajstić information content (AvgIpc) is 2.97. The van der Waals surface area contributed by atoms with Crippen LogP contribution in [-0.2, 0) is 26.1 Å². The van der Waals surface area contributed by atoms with Gasteiger partial charge in [0.05, 0.1) is 6.54 Å². The monoisotopic (exact) mass is 497 g/mol. The zero-order valence-electron chi connectivity index (χ0n) is 22.7. The van der Waals surface area contributed by atoms with Gasteiger partial charge in [0.1, 0.15) is 11.2 Å². The Hall–Kier alpha value is -2.19. The first-order valence-corrected chi connectivity index (χ1v) is 15.1. The molecule has 2 aromatic rings. The molecule has 1 aliphatic heterocycles. The van der Waals surface area contributed by atoms with Crippen LogP contribution in [0.2, 0.25) is 18.1 Å². The van der Waals surface area contributed by atoms with Gasteiger partial charge in [-0.2, -0.15) is 5.06 Å². The lowest BCUT2D eigenvalue weighted by atomic mass is 9.84. The number of ether oxygens (including phenoxy) is 1. The largest absolute Gasteiger partial charge is 0.444 e. The van der Waals surface area contributed by atoms with E-state index in [9.17, 15) is 4.79 Å². The summed E-state index contributed by atoms with van der Waals surface area (Å²) in [6, 6.07) is 21.1. The van der Waals surface area contributed by atoms with E-state index in [0.717, 1.165) is 11.1 Å². The molecule has 0 aromatic heterocycles. The maximum atomic E-state index is 13.1. The molecule has 35 heavy (non-hydrogen) atoms. The normalized spacial score (nSPS) is 23.8. The molecule has 1 heterocycles. The summed E-state index contributed by atoms with van der Waals surface area (Å²) in [5.74, 6) is 0. The van der Waals surface area contributed by atoms with Crippen LogP contribution in [0.25, 0.3) is 0 Å². The number of hydroxylamine groups is 2. The summed E-state index contributed by atoms with van der Waals surface area (Å²) >= 11 is 0. The van der Waals surface area contributed by atoms with Gasteiger partial charge in [-0.3, -0.25) is 10.2 Å². The van der Waals surface area contributed by atoms with Gasteiger partial charge in [-0.15, -0.1) is 0 Å². The molecule has 2 unspecified atom stereocenters. The number of hydrogen-bond acceptors (Lipinski definition) is 5. The minimum atomic E-state index is -2.35. The number of carbonyl (C=O) groups excluding carboxylic acids is 1. The van der Waals surface area contributed by atoms with Gasteiger partial charge in [0.2, 0.25) is 0 Å². The van der Waals surface area contributed by atoms with Gasteiger partial charge in [-0.1, -0.05) is 69.3 Å². The molecule has 6 nitrogen and oxygen atoms in total. The Kier molecular flexibility index (Phi) is 7.59. The van der Waals surface area contributed by atoms with E-state index in [1.54, 1.807) is 0 Å². The molecule has 3 rings (SSSR count). The molecular weight excluding hydrogens is 456 g/mol. The van der Waals surface area contributed by atoms with Crippen LogP contribution < -0.4 is 5.32 Å². The van der Waals surface area contributed by atoms with E-state index >= 15 is 0 Å². The third kappa shape index (κ3) is 6.15. The van der Waals surface area contributed by atoms with Gasteiger partial charge >= 0.3 is 6.09 Å². The number of nitrogens with zero attached hydrogens (tertiary/aromatic N) is 1. The van der Waals surface area contributed by atoms with Gasteiger partial charge in [0.25, 0.3) is 0 Å². The SMILES string of the molecule is CC(C)(C)OC(=O)NC1(C)ON(Cc2ccccc2)CC1(O[Si](C)(C)C(C)(C)C)c1c[c]ccc1. The van der Waals surface area contributed by atoms with Crippen molar-refractivity contribution < 1.29 is 18.8 Å². The molecule has 1 aliphatic rings. The second-order valence-corrected chi connectivity index (χ2v) is 16.7. The van der Waals surface area contributed by atoms with Gasteiger partial charge in [0, 0.05) is 6.54 Å². The molecule has 191 valence electrons. The third-order valence-corrected chi connectivity index (χ3v) is 11.3. The fourth-order valence-electron chi connectivity index (χ4n) is 4.05. The maximum absolute atomic E-state index is 13.1. The number of nitrogens with one attached hydrogen (secondary N) is 1. The lowest BCUT2D eigenvalue weighted by Gasteiger charge is -2.49. The van der Waals surface area contributed by atoms with E-state index in [0.29, 0.717) is 13.1 Å². The van der Waals surface area contributed by atoms with Crippen LogP contribution in [0.15, 0.2) is 54.6 Å². The Morgan fingerprint density at radius 3 is 2.31 bits per heavy atom. The van der Waals surface area contributed by atoms with Crippen LogP contribution >= 0.6 is 0 Å². The number of hydrogen-bond donors (Lipinski definition) is 1. The lowest BCUT2D eigenvalue weighted by Crippen LogP contribution is -2.64. The number of benzene rings is 2. The molecule has 2 aromatic carbocycles. The number of alkyl carbamates (subject to hydrolysis) is 1.